The van der Waals surface area contributed by atoms with E-state index in [0.29, 0.717) is 0 Å². The molecule has 0 spiro atoms. The second-order valence-electron chi connectivity index (χ2n) is 6.55. The van der Waals surface area contributed by atoms with Gasteiger partial charge < -0.3 is 9.64 Å². The smallest absolute Gasteiger partial charge is 0.141 e. The summed E-state index contributed by atoms with van der Waals surface area (Å²) in [6.45, 7) is 4.17. The zero-order chi connectivity index (χ0) is 17.2. The van der Waals surface area contributed by atoms with Gasteiger partial charge in [-0.2, -0.15) is 0 Å². The van der Waals surface area contributed by atoms with Gasteiger partial charge in [0.1, 0.15) is 22.2 Å². The summed E-state index contributed by atoms with van der Waals surface area (Å²) in [6.07, 6.45) is 5.12. The van der Waals surface area contributed by atoms with E-state index in [-0.39, 0.29) is 0 Å². The summed E-state index contributed by atoms with van der Waals surface area (Å²) >= 11 is 1.71. The highest BCUT2D eigenvalue weighted by atomic mass is 32.1. The highest BCUT2D eigenvalue weighted by Crippen LogP contribution is 2.39. The maximum absolute atomic E-state index is 5.29. The third-order valence-electron chi connectivity index (χ3n) is 4.83. The Hall–Kier alpha value is -2.14. The number of aryl methyl sites for hydroxylation is 1. The van der Waals surface area contributed by atoms with Gasteiger partial charge in [-0.15, -0.1) is 11.3 Å². The van der Waals surface area contributed by atoms with Crippen LogP contribution in [-0.4, -0.2) is 30.2 Å². The molecule has 4 nitrogen and oxygen atoms in total. The Morgan fingerprint density at radius 1 is 1.00 bits per heavy atom. The number of anilines is 1. The summed E-state index contributed by atoms with van der Waals surface area (Å²) in [6, 6.07) is 8.26. The Bertz CT molecular complexity index is 865. The van der Waals surface area contributed by atoms with Crippen LogP contribution in [0.2, 0.25) is 0 Å². The molecule has 1 aliphatic heterocycles. The van der Waals surface area contributed by atoms with E-state index in [2.05, 4.69) is 22.4 Å². The molecule has 4 rings (SSSR count). The van der Waals surface area contributed by atoms with Gasteiger partial charge in [-0.3, -0.25) is 0 Å². The topological polar surface area (TPSA) is 38.3 Å². The predicted octanol–water partition coefficient (Wildman–Crippen LogP) is 5.06. The SMILES string of the molecule is COc1ccc(-c2csc3nc(C)nc(N4CCCCCC4)c23)cc1. The number of aromatic nitrogens is 2. The average molecular weight is 353 g/mol. The molecule has 1 fully saturated rings. The molecule has 2 aromatic heterocycles. The van der Waals surface area contributed by atoms with Crippen molar-refractivity contribution in [2.24, 2.45) is 0 Å². The van der Waals surface area contributed by atoms with Crippen LogP contribution in [-0.2, 0) is 0 Å². The van der Waals surface area contributed by atoms with Gasteiger partial charge in [0.2, 0.25) is 0 Å². The minimum Gasteiger partial charge on any atom is -0.497 e. The normalized spacial score (nSPS) is 15.4. The van der Waals surface area contributed by atoms with Gasteiger partial charge >= 0.3 is 0 Å². The van der Waals surface area contributed by atoms with Crippen LogP contribution < -0.4 is 9.64 Å². The zero-order valence-corrected chi connectivity index (χ0v) is 15.6. The molecule has 1 saturated heterocycles. The fourth-order valence-corrected chi connectivity index (χ4v) is 4.51. The van der Waals surface area contributed by atoms with Gasteiger partial charge in [-0.1, -0.05) is 25.0 Å². The molecule has 25 heavy (non-hydrogen) atoms. The number of thiophene rings is 1. The first kappa shape index (κ1) is 16.3. The average Bonchev–Trinajstić information content (AvgIpc) is 2.87. The van der Waals surface area contributed by atoms with E-state index in [1.807, 2.05) is 19.1 Å². The van der Waals surface area contributed by atoms with Crippen LogP contribution in [0, 0.1) is 6.92 Å². The summed E-state index contributed by atoms with van der Waals surface area (Å²) < 4.78 is 5.29. The molecule has 0 radical (unpaired) electrons. The van der Waals surface area contributed by atoms with Crippen molar-refractivity contribution in [1.82, 2.24) is 9.97 Å². The van der Waals surface area contributed by atoms with Crippen molar-refractivity contribution in [3.05, 3.63) is 35.5 Å². The van der Waals surface area contributed by atoms with Crippen LogP contribution in [0.3, 0.4) is 0 Å². The number of hydrogen-bond acceptors (Lipinski definition) is 5. The van der Waals surface area contributed by atoms with E-state index in [1.165, 1.54) is 42.2 Å². The second-order valence-corrected chi connectivity index (χ2v) is 7.41. The van der Waals surface area contributed by atoms with Gasteiger partial charge in [0.15, 0.2) is 0 Å². The van der Waals surface area contributed by atoms with Crippen molar-refractivity contribution in [3.8, 4) is 16.9 Å². The molecule has 0 bridgehead atoms. The highest BCUT2D eigenvalue weighted by Gasteiger charge is 2.20. The number of ether oxygens (including phenoxy) is 1. The Labute approximate surface area is 152 Å². The van der Waals surface area contributed by atoms with Crippen LogP contribution in [0.25, 0.3) is 21.3 Å². The van der Waals surface area contributed by atoms with Crippen LogP contribution >= 0.6 is 11.3 Å². The molecule has 0 amide bonds. The number of hydrogen-bond donors (Lipinski definition) is 0. The van der Waals surface area contributed by atoms with E-state index >= 15 is 0 Å². The monoisotopic (exact) mass is 353 g/mol. The summed E-state index contributed by atoms with van der Waals surface area (Å²) in [5, 5.41) is 3.41. The lowest BCUT2D eigenvalue weighted by molar-refractivity contribution is 0.415. The lowest BCUT2D eigenvalue weighted by Crippen LogP contribution is -2.25. The molecule has 0 unspecified atom stereocenters. The van der Waals surface area contributed by atoms with E-state index < -0.39 is 0 Å². The van der Waals surface area contributed by atoms with Crippen LogP contribution in [0.1, 0.15) is 31.5 Å². The van der Waals surface area contributed by atoms with Crippen molar-refractivity contribution in [2.45, 2.75) is 32.6 Å². The third-order valence-corrected chi connectivity index (χ3v) is 5.71. The molecular weight excluding hydrogens is 330 g/mol. The van der Waals surface area contributed by atoms with E-state index in [0.717, 1.165) is 35.3 Å². The van der Waals surface area contributed by atoms with Crippen molar-refractivity contribution in [1.29, 1.82) is 0 Å². The number of methoxy groups -OCH3 is 1. The third kappa shape index (κ3) is 3.21. The maximum Gasteiger partial charge on any atom is 0.141 e. The van der Waals surface area contributed by atoms with Gasteiger partial charge in [-0.05, 0) is 37.5 Å². The Morgan fingerprint density at radius 3 is 2.40 bits per heavy atom. The van der Waals surface area contributed by atoms with E-state index in [4.69, 9.17) is 14.7 Å². The van der Waals surface area contributed by atoms with E-state index in [9.17, 15) is 0 Å². The predicted molar refractivity (Wildman–Crippen MR) is 105 cm³/mol. The van der Waals surface area contributed by atoms with Crippen molar-refractivity contribution >= 4 is 27.4 Å². The zero-order valence-electron chi connectivity index (χ0n) is 14.8. The summed E-state index contributed by atoms with van der Waals surface area (Å²) in [5.74, 6) is 2.84. The Kier molecular flexibility index (Phi) is 4.57. The molecule has 3 aromatic rings. The van der Waals surface area contributed by atoms with E-state index in [1.54, 1.807) is 18.4 Å². The number of fused-ring (bicyclic) bond motifs is 1. The standard InChI is InChI=1S/C20H23N3OS/c1-14-21-19(23-11-5-3-4-6-12-23)18-17(13-25-20(18)22-14)15-7-9-16(24-2)10-8-15/h7-10,13H,3-6,11-12H2,1-2H3. The largest absolute Gasteiger partial charge is 0.497 e. The quantitative estimate of drug-likeness (QED) is 0.660. The summed E-state index contributed by atoms with van der Waals surface area (Å²) in [5.41, 5.74) is 2.41. The molecule has 5 heteroatoms. The van der Waals surface area contributed by atoms with Crippen LogP contribution in [0.4, 0.5) is 5.82 Å². The van der Waals surface area contributed by atoms with Gasteiger partial charge in [0.25, 0.3) is 0 Å². The lowest BCUT2D eigenvalue weighted by Gasteiger charge is -2.23. The minimum absolute atomic E-state index is 0.856. The molecule has 3 heterocycles. The first-order valence-electron chi connectivity index (χ1n) is 8.91. The fraction of sp³-hybridized carbons (Fsp3) is 0.400. The Balaban J connectivity index is 1.85. The molecule has 0 saturated carbocycles. The van der Waals surface area contributed by atoms with Crippen LogP contribution in [0.5, 0.6) is 5.75 Å². The Morgan fingerprint density at radius 2 is 1.72 bits per heavy atom. The van der Waals surface area contributed by atoms with Crippen molar-refractivity contribution in [3.63, 3.8) is 0 Å². The highest BCUT2D eigenvalue weighted by molar-refractivity contribution is 7.17. The van der Waals surface area contributed by atoms with Crippen LogP contribution in [0.15, 0.2) is 29.6 Å². The molecule has 1 aliphatic rings. The summed E-state index contributed by atoms with van der Waals surface area (Å²) in [4.78, 5) is 13.1. The molecule has 0 atom stereocenters. The number of nitrogens with zero attached hydrogens (tertiary/aromatic N) is 3. The molecule has 1 aromatic carbocycles. The van der Waals surface area contributed by atoms with Gasteiger partial charge in [0.05, 0.1) is 12.5 Å². The number of rotatable bonds is 3. The minimum atomic E-state index is 0.856. The van der Waals surface area contributed by atoms with Gasteiger partial charge in [-0.25, -0.2) is 9.97 Å². The fourth-order valence-electron chi connectivity index (χ4n) is 3.52. The lowest BCUT2D eigenvalue weighted by atomic mass is 10.1. The number of benzene rings is 1. The second kappa shape index (κ2) is 7.00. The summed E-state index contributed by atoms with van der Waals surface area (Å²) in [7, 11) is 1.70. The molecule has 0 N–H and O–H groups in total. The van der Waals surface area contributed by atoms with Crippen molar-refractivity contribution in [2.75, 3.05) is 25.1 Å². The first-order valence-corrected chi connectivity index (χ1v) is 9.79. The molecule has 0 aliphatic carbocycles. The van der Waals surface area contributed by atoms with Crippen molar-refractivity contribution < 1.29 is 4.74 Å². The maximum atomic E-state index is 5.29. The first-order chi connectivity index (χ1) is 12.3. The molecular formula is C20H23N3OS. The van der Waals surface area contributed by atoms with Gasteiger partial charge in [0, 0.05) is 24.0 Å². The molecule has 130 valence electrons.